The van der Waals surface area contributed by atoms with E-state index < -0.39 is 11.0 Å². The van der Waals surface area contributed by atoms with Gasteiger partial charge in [-0.1, -0.05) is 42.5 Å². The van der Waals surface area contributed by atoms with E-state index in [9.17, 15) is 5.11 Å². The Morgan fingerprint density at radius 2 is 1.95 bits per heavy atom. The molecule has 200 valence electrons. The summed E-state index contributed by atoms with van der Waals surface area (Å²) in [5, 5.41) is 14.2. The summed E-state index contributed by atoms with van der Waals surface area (Å²) in [5.74, 6) is 2.38. The van der Waals surface area contributed by atoms with Gasteiger partial charge in [0.25, 0.3) is 0 Å². The minimum Gasteiger partial charge on any atom is -0.493 e. The lowest BCUT2D eigenvalue weighted by Gasteiger charge is -2.63. The molecule has 4 aliphatic carbocycles. The van der Waals surface area contributed by atoms with Crippen LogP contribution in [0.25, 0.3) is 22.0 Å². The second kappa shape index (κ2) is 7.26. The van der Waals surface area contributed by atoms with Crippen molar-refractivity contribution < 1.29 is 14.6 Å². The van der Waals surface area contributed by atoms with E-state index in [1.54, 1.807) is 7.11 Å². The molecule has 1 saturated heterocycles. The highest BCUT2D eigenvalue weighted by Gasteiger charge is 2.72. The van der Waals surface area contributed by atoms with E-state index in [-0.39, 0.29) is 12.1 Å². The topological polar surface area (TPSA) is 54.8 Å². The van der Waals surface area contributed by atoms with Gasteiger partial charge in [0.05, 0.1) is 29.3 Å². The molecule has 1 spiro atoms. The van der Waals surface area contributed by atoms with Crippen LogP contribution in [0.2, 0.25) is 0 Å². The SMILES string of the molecule is COc1ccc2c3c1OC1c4nc5c6c(ccc5cc4CC4(O)[C@@H](C2)N(CC2CC2)CC[C@]314)-c1ccccc1C6. The quantitative estimate of drug-likeness (QED) is 0.335. The Balaban J connectivity index is 1.21. The van der Waals surface area contributed by atoms with E-state index >= 15 is 0 Å². The zero-order valence-corrected chi connectivity index (χ0v) is 22.7. The van der Waals surface area contributed by atoms with Crippen molar-refractivity contribution in [3.8, 4) is 22.6 Å². The molecule has 4 atom stereocenters. The average molecular weight is 529 g/mol. The number of methoxy groups -OCH3 is 1. The van der Waals surface area contributed by atoms with Gasteiger partial charge in [-0.25, -0.2) is 4.98 Å². The lowest BCUT2D eigenvalue weighted by atomic mass is 9.49. The first-order valence-electron chi connectivity index (χ1n) is 15.0. The van der Waals surface area contributed by atoms with Gasteiger partial charge >= 0.3 is 0 Å². The second-order valence-corrected chi connectivity index (χ2v) is 13.1. The van der Waals surface area contributed by atoms with Crippen LogP contribution in [-0.4, -0.2) is 46.8 Å². The molecule has 3 aromatic carbocycles. The fraction of sp³-hybridized carbons (Fsp3) is 0.400. The molecule has 10 rings (SSSR count). The van der Waals surface area contributed by atoms with Crippen LogP contribution in [0.4, 0.5) is 0 Å². The highest BCUT2D eigenvalue weighted by molar-refractivity contribution is 5.93. The molecule has 1 aromatic heterocycles. The number of fused-ring (bicyclic) bond motifs is 7. The molecule has 4 aromatic rings. The van der Waals surface area contributed by atoms with E-state index in [2.05, 4.69) is 59.5 Å². The number of piperidine rings is 1. The van der Waals surface area contributed by atoms with E-state index in [1.165, 1.54) is 46.2 Å². The molecule has 1 N–H and O–H groups in total. The fourth-order valence-corrected chi connectivity index (χ4v) is 9.38. The van der Waals surface area contributed by atoms with Crippen molar-refractivity contribution in [2.45, 2.75) is 61.7 Å². The molecule has 40 heavy (non-hydrogen) atoms. The predicted molar refractivity (Wildman–Crippen MR) is 153 cm³/mol. The number of pyridine rings is 1. The third kappa shape index (κ3) is 2.51. The van der Waals surface area contributed by atoms with Crippen LogP contribution in [0.3, 0.4) is 0 Å². The molecule has 6 aliphatic rings. The normalized spacial score (nSPS) is 30.4. The van der Waals surface area contributed by atoms with Crippen LogP contribution in [0.1, 0.15) is 58.9 Å². The van der Waals surface area contributed by atoms with Gasteiger partial charge < -0.3 is 14.6 Å². The third-order valence-electron chi connectivity index (χ3n) is 11.3. The molecular weight excluding hydrogens is 496 g/mol. The summed E-state index contributed by atoms with van der Waals surface area (Å²) >= 11 is 0. The van der Waals surface area contributed by atoms with Crippen LogP contribution in [0.5, 0.6) is 11.5 Å². The molecule has 5 nitrogen and oxygen atoms in total. The van der Waals surface area contributed by atoms with E-state index in [0.717, 1.165) is 71.9 Å². The Kier molecular flexibility index (Phi) is 4.05. The maximum atomic E-state index is 13.1. The molecule has 1 saturated carbocycles. The predicted octanol–water partition coefficient (Wildman–Crippen LogP) is 5.51. The first kappa shape index (κ1) is 22.3. The van der Waals surface area contributed by atoms with Crippen molar-refractivity contribution in [1.29, 1.82) is 0 Å². The van der Waals surface area contributed by atoms with E-state index in [4.69, 9.17) is 14.5 Å². The van der Waals surface area contributed by atoms with Gasteiger partial charge in [-0.15, -0.1) is 0 Å². The number of likely N-dealkylation sites (tertiary alicyclic amines) is 1. The molecule has 2 unspecified atom stereocenters. The van der Waals surface area contributed by atoms with Crippen LogP contribution in [-0.2, 0) is 24.7 Å². The zero-order chi connectivity index (χ0) is 26.4. The molecule has 5 heteroatoms. The van der Waals surface area contributed by atoms with Gasteiger partial charge in [0.1, 0.15) is 0 Å². The summed E-state index contributed by atoms with van der Waals surface area (Å²) in [6, 6.07) is 19.9. The smallest absolute Gasteiger partial charge is 0.166 e. The Morgan fingerprint density at radius 3 is 2.83 bits per heavy atom. The third-order valence-corrected chi connectivity index (χ3v) is 11.3. The first-order chi connectivity index (χ1) is 19.6. The van der Waals surface area contributed by atoms with E-state index in [0.29, 0.717) is 6.42 Å². The fourth-order valence-electron chi connectivity index (χ4n) is 9.38. The van der Waals surface area contributed by atoms with E-state index in [1.807, 2.05) is 0 Å². The molecule has 0 radical (unpaired) electrons. The maximum Gasteiger partial charge on any atom is 0.166 e. The summed E-state index contributed by atoms with van der Waals surface area (Å²) in [6.07, 6.45) is 5.58. The number of nitrogens with zero attached hydrogens (tertiary/aromatic N) is 2. The lowest BCUT2D eigenvalue weighted by Crippen LogP contribution is -2.74. The summed E-state index contributed by atoms with van der Waals surface area (Å²) in [6.45, 7) is 2.09. The van der Waals surface area contributed by atoms with Gasteiger partial charge in [0.15, 0.2) is 17.6 Å². The Hall–Kier alpha value is -3.41. The molecule has 2 bridgehead atoms. The number of benzene rings is 3. The van der Waals surface area contributed by atoms with Crippen molar-refractivity contribution in [2.75, 3.05) is 20.2 Å². The number of aliphatic hydroxyl groups is 1. The summed E-state index contributed by atoms with van der Waals surface area (Å²) in [4.78, 5) is 8.12. The highest BCUT2D eigenvalue weighted by atomic mass is 16.5. The van der Waals surface area contributed by atoms with Gasteiger partial charge in [-0.05, 0) is 83.7 Å². The van der Waals surface area contributed by atoms with Crippen molar-refractivity contribution >= 4 is 10.9 Å². The molecular formula is C35H32N2O3. The van der Waals surface area contributed by atoms with Gasteiger partial charge in [0.2, 0.25) is 0 Å². The number of ether oxygens (including phenoxy) is 2. The molecule has 2 aliphatic heterocycles. The molecule has 3 heterocycles. The Labute approximate surface area is 233 Å². The standard InChI is InChI=1S/C35H32N2O3/c1-39-27-11-9-21-16-28-35(38)17-23-14-22-8-10-25-24-5-3-2-4-20(24)15-26(25)30(22)36-31(23)33-34(35,29(21)32(27)40-33)12-13-37(28)18-19-6-7-19/h2-5,8-11,14,19,28,33,38H,6-7,12-13,15-18H2,1H3/t28-,33?,34+,35?/m1/s1. The summed E-state index contributed by atoms with van der Waals surface area (Å²) < 4.78 is 12.8. The minimum atomic E-state index is -0.912. The maximum absolute atomic E-state index is 13.1. The van der Waals surface area contributed by atoms with Crippen LogP contribution in [0, 0.1) is 5.92 Å². The van der Waals surface area contributed by atoms with Gasteiger partial charge in [-0.2, -0.15) is 0 Å². The van der Waals surface area contributed by atoms with Crippen molar-refractivity contribution in [3.05, 3.63) is 88.1 Å². The summed E-state index contributed by atoms with van der Waals surface area (Å²) in [7, 11) is 1.72. The number of rotatable bonds is 3. The Morgan fingerprint density at radius 1 is 1.05 bits per heavy atom. The van der Waals surface area contributed by atoms with Crippen molar-refractivity contribution in [2.24, 2.45) is 5.92 Å². The van der Waals surface area contributed by atoms with Crippen LogP contribution < -0.4 is 9.47 Å². The van der Waals surface area contributed by atoms with Crippen LogP contribution >= 0.6 is 0 Å². The monoisotopic (exact) mass is 528 g/mol. The molecule has 0 amide bonds. The summed E-state index contributed by atoms with van der Waals surface area (Å²) in [5.41, 5.74) is 9.63. The minimum absolute atomic E-state index is 0.0816. The Bertz CT molecular complexity index is 1790. The first-order valence-corrected chi connectivity index (χ1v) is 15.0. The van der Waals surface area contributed by atoms with Crippen molar-refractivity contribution in [1.82, 2.24) is 9.88 Å². The van der Waals surface area contributed by atoms with Crippen LogP contribution in [0.15, 0.2) is 54.6 Å². The average Bonchev–Trinajstić information content (AvgIpc) is 3.59. The zero-order valence-electron chi connectivity index (χ0n) is 22.7. The number of aromatic nitrogens is 1. The van der Waals surface area contributed by atoms with Gasteiger partial charge in [0, 0.05) is 36.4 Å². The second-order valence-electron chi connectivity index (χ2n) is 13.1. The lowest BCUT2D eigenvalue weighted by molar-refractivity contribution is -0.173. The molecule has 2 fully saturated rings. The largest absolute Gasteiger partial charge is 0.493 e. The van der Waals surface area contributed by atoms with Crippen molar-refractivity contribution in [3.63, 3.8) is 0 Å². The van der Waals surface area contributed by atoms with Gasteiger partial charge in [-0.3, -0.25) is 4.90 Å². The highest BCUT2D eigenvalue weighted by Crippen LogP contribution is 2.68. The number of hydrogen-bond acceptors (Lipinski definition) is 5. The number of hydrogen-bond donors (Lipinski definition) is 1.